The van der Waals surface area contributed by atoms with Crippen molar-refractivity contribution in [2.45, 2.75) is 70.3 Å². The molecule has 0 saturated heterocycles. The third-order valence-corrected chi connectivity index (χ3v) is 5.72. The molecule has 2 aliphatic rings. The van der Waals surface area contributed by atoms with E-state index in [1.54, 1.807) is 6.08 Å². The van der Waals surface area contributed by atoms with Crippen molar-refractivity contribution in [3.8, 4) is 0 Å². The van der Waals surface area contributed by atoms with Crippen LogP contribution in [-0.2, 0) is 14.3 Å². The smallest absolute Gasteiger partial charge is 0.329 e. The topological polar surface area (TPSA) is 83.8 Å². The van der Waals surface area contributed by atoms with E-state index in [-0.39, 0.29) is 24.2 Å². The number of carboxylic acids is 1. The molecule has 0 aromatic heterocycles. The van der Waals surface area contributed by atoms with Crippen LogP contribution in [0.1, 0.15) is 64.7 Å². The first-order chi connectivity index (χ1) is 13.0. The van der Waals surface area contributed by atoms with E-state index >= 15 is 0 Å². The Bertz CT molecular complexity index is 549. The van der Waals surface area contributed by atoms with Gasteiger partial charge in [-0.2, -0.15) is 0 Å². The van der Waals surface area contributed by atoms with Crippen molar-refractivity contribution in [2.24, 2.45) is 17.8 Å². The van der Waals surface area contributed by atoms with Gasteiger partial charge in [0.05, 0.1) is 5.60 Å². The first-order valence-electron chi connectivity index (χ1n) is 10.4. The Morgan fingerprint density at radius 2 is 2.11 bits per heavy atom. The van der Waals surface area contributed by atoms with Crippen LogP contribution in [0.4, 0.5) is 0 Å². The number of aliphatic carboxylic acids is 1. The minimum absolute atomic E-state index is 0.0367. The highest BCUT2D eigenvalue weighted by Gasteiger charge is 2.42. The van der Waals surface area contributed by atoms with Crippen LogP contribution in [-0.4, -0.2) is 40.8 Å². The van der Waals surface area contributed by atoms with E-state index in [1.807, 2.05) is 6.08 Å². The highest BCUT2D eigenvalue weighted by atomic mass is 16.5. The maximum Gasteiger partial charge on any atom is 0.329 e. The Morgan fingerprint density at radius 3 is 2.78 bits per heavy atom. The van der Waals surface area contributed by atoms with Gasteiger partial charge in [0.2, 0.25) is 0 Å². The Hall–Kier alpha value is -1.46. The van der Waals surface area contributed by atoms with Crippen molar-refractivity contribution in [1.29, 1.82) is 0 Å². The quantitative estimate of drug-likeness (QED) is 0.354. The summed E-state index contributed by atoms with van der Waals surface area (Å²) in [6.45, 7) is 2.29. The fourth-order valence-corrected chi connectivity index (χ4v) is 3.92. The summed E-state index contributed by atoms with van der Waals surface area (Å²) in [5.74, 6) is -0.284. The summed E-state index contributed by atoms with van der Waals surface area (Å²) in [7, 11) is 0. The monoisotopic (exact) mass is 378 g/mol. The SMILES string of the molecule is CCCCC(O)(CC=C[C@H]1C=CC(=O)[C@@H]1CCCCOCC(=O)O)C1CC1. The molecule has 2 aliphatic carbocycles. The molecule has 0 amide bonds. The van der Waals surface area contributed by atoms with Gasteiger partial charge in [-0.3, -0.25) is 4.79 Å². The summed E-state index contributed by atoms with van der Waals surface area (Å²) < 4.78 is 5.03. The predicted molar refractivity (Wildman–Crippen MR) is 104 cm³/mol. The van der Waals surface area contributed by atoms with Gasteiger partial charge in [0.15, 0.2) is 5.78 Å². The van der Waals surface area contributed by atoms with Crippen molar-refractivity contribution in [3.63, 3.8) is 0 Å². The van der Waals surface area contributed by atoms with Crippen molar-refractivity contribution < 1.29 is 24.5 Å². The van der Waals surface area contributed by atoms with E-state index < -0.39 is 11.6 Å². The van der Waals surface area contributed by atoms with Crippen LogP contribution in [0.2, 0.25) is 0 Å². The zero-order valence-corrected chi connectivity index (χ0v) is 16.4. The Labute approximate surface area is 162 Å². The zero-order valence-electron chi connectivity index (χ0n) is 16.4. The number of carbonyl (C=O) groups is 2. The molecule has 0 bridgehead atoms. The minimum Gasteiger partial charge on any atom is -0.480 e. The van der Waals surface area contributed by atoms with Crippen molar-refractivity contribution >= 4 is 11.8 Å². The Kier molecular flexibility index (Phi) is 8.71. The lowest BCUT2D eigenvalue weighted by atomic mass is 9.85. The summed E-state index contributed by atoms with van der Waals surface area (Å²) in [5, 5.41) is 19.5. The van der Waals surface area contributed by atoms with Gasteiger partial charge in [0.25, 0.3) is 0 Å². The summed E-state index contributed by atoms with van der Waals surface area (Å²) in [5.41, 5.74) is -0.574. The van der Waals surface area contributed by atoms with Crippen molar-refractivity contribution in [2.75, 3.05) is 13.2 Å². The minimum atomic E-state index is -0.958. The van der Waals surface area contributed by atoms with Crippen LogP contribution < -0.4 is 0 Å². The zero-order chi connectivity index (χ0) is 19.7. The van der Waals surface area contributed by atoms with Crippen LogP contribution in [0.25, 0.3) is 0 Å². The summed E-state index contributed by atoms with van der Waals surface area (Å²) >= 11 is 0. The van der Waals surface area contributed by atoms with Gasteiger partial charge in [-0.25, -0.2) is 4.79 Å². The fourth-order valence-electron chi connectivity index (χ4n) is 3.92. The third-order valence-electron chi connectivity index (χ3n) is 5.72. The van der Waals surface area contributed by atoms with Gasteiger partial charge < -0.3 is 14.9 Å². The van der Waals surface area contributed by atoms with Gasteiger partial charge >= 0.3 is 5.97 Å². The molecule has 0 aliphatic heterocycles. The van der Waals surface area contributed by atoms with E-state index in [4.69, 9.17) is 9.84 Å². The van der Waals surface area contributed by atoms with Gasteiger partial charge in [-0.15, -0.1) is 0 Å². The standard InChI is InChI=1S/C22H34O5/c1-2-3-13-22(26,18-10-11-18)14-6-7-17-9-12-20(23)19(17)8-4-5-15-27-16-21(24)25/h6-7,9,12,17-19,26H,2-5,8,10-11,13-16H2,1H3,(H,24,25)/t17-,19+,22?/m0/s1. The Balaban J connectivity index is 1.76. The molecule has 1 fully saturated rings. The molecule has 1 unspecified atom stereocenters. The number of carbonyl (C=O) groups excluding carboxylic acids is 1. The van der Waals surface area contributed by atoms with E-state index in [1.165, 1.54) is 0 Å². The second kappa shape index (κ2) is 10.8. The second-order valence-corrected chi connectivity index (χ2v) is 8.00. The van der Waals surface area contributed by atoms with E-state index in [0.29, 0.717) is 18.9 Å². The number of allylic oxidation sites excluding steroid dienone is 3. The summed E-state index contributed by atoms with van der Waals surface area (Å²) in [6.07, 6.45) is 16.1. The number of ether oxygens (including phenoxy) is 1. The largest absolute Gasteiger partial charge is 0.480 e. The van der Waals surface area contributed by atoms with Crippen LogP contribution in [0, 0.1) is 17.8 Å². The molecular formula is C22H34O5. The van der Waals surface area contributed by atoms with Crippen molar-refractivity contribution in [3.05, 3.63) is 24.3 Å². The molecule has 3 atom stereocenters. The van der Waals surface area contributed by atoms with E-state index in [9.17, 15) is 14.7 Å². The molecule has 0 aromatic rings. The molecule has 5 nitrogen and oxygen atoms in total. The molecule has 0 heterocycles. The molecule has 152 valence electrons. The predicted octanol–water partition coefficient (Wildman–Crippen LogP) is 3.91. The number of hydrogen-bond donors (Lipinski definition) is 2. The number of hydrogen-bond acceptors (Lipinski definition) is 4. The van der Waals surface area contributed by atoms with Crippen LogP contribution >= 0.6 is 0 Å². The van der Waals surface area contributed by atoms with Gasteiger partial charge in [-0.1, -0.05) is 44.4 Å². The molecule has 1 saturated carbocycles. The molecule has 0 radical (unpaired) electrons. The van der Waals surface area contributed by atoms with Crippen LogP contribution in [0.3, 0.4) is 0 Å². The first-order valence-corrected chi connectivity index (χ1v) is 10.4. The molecule has 2 rings (SSSR count). The number of rotatable bonds is 14. The lowest BCUT2D eigenvalue weighted by molar-refractivity contribution is -0.142. The van der Waals surface area contributed by atoms with Gasteiger partial charge in [-0.05, 0) is 50.5 Å². The maximum absolute atomic E-state index is 12.1. The fraction of sp³-hybridized carbons (Fsp3) is 0.727. The molecule has 0 aromatic carbocycles. The molecule has 2 N–H and O–H groups in total. The van der Waals surface area contributed by atoms with Gasteiger partial charge in [0, 0.05) is 18.4 Å². The third kappa shape index (κ3) is 7.23. The van der Waals surface area contributed by atoms with Crippen LogP contribution in [0.5, 0.6) is 0 Å². The summed E-state index contributed by atoms with van der Waals surface area (Å²) in [4.78, 5) is 22.5. The second-order valence-electron chi connectivity index (χ2n) is 8.00. The van der Waals surface area contributed by atoms with E-state index in [2.05, 4.69) is 19.1 Å². The lowest BCUT2D eigenvalue weighted by Crippen LogP contribution is -2.30. The van der Waals surface area contributed by atoms with Crippen LogP contribution in [0.15, 0.2) is 24.3 Å². The number of ketones is 1. The number of unbranched alkanes of at least 4 members (excludes halogenated alkanes) is 2. The summed E-state index contributed by atoms with van der Waals surface area (Å²) in [6, 6.07) is 0. The Morgan fingerprint density at radius 1 is 1.33 bits per heavy atom. The first kappa shape index (κ1) is 21.8. The maximum atomic E-state index is 12.1. The number of aliphatic hydroxyl groups is 1. The van der Waals surface area contributed by atoms with E-state index in [0.717, 1.165) is 51.4 Å². The molecule has 0 spiro atoms. The average Bonchev–Trinajstić information content (AvgIpc) is 3.43. The normalized spacial score (nSPS) is 24.6. The van der Waals surface area contributed by atoms with Gasteiger partial charge in [0.1, 0.15) is 6.61 Å². The molecule has 27 heavy (non-hydrogen) atoms. The lowest BCUT2D eigenvalue weighted by Gasteiger charge is -2.27. The van der Waals surface area contributed by atoms with Crippen molar-refractivity contribution in [1.82, 2.24) is 0 Å². The molecular weight excluding hydrogens is 344 g/mol. The molecule has 5 heteroatoms. The number of carboxylic acid groups (broad SMARTS) is 1. The highest BCUT2D eigenvalue weighted by Crippen LogP contribution is 2.44. The highest BCUT2D eigenvalue weighted by molar-refractivity contribution is 5.94. The average molecular weight is 379 g/mol.